The van der Waals surface area contributed by atoms with Crippen LogP contribution in [0.4, 0.5) is 0 Å². The molecule has 4 heterocycles. The zero-order chi connectivity index (χ0) is 23.3. The first-order valence-electron chi connectivity index (χ1n) is 11.7. The van der Waals surface area contributed by atoms with E-state index in [-0.39, 0.29) is 18.3 Å². The van der Waals surface area contributed by atoms with Crippen LogP contribution in [0.25, 0.3) is 0 Å². The third-order valence-electron chi connectivity index (χ3n) is 7.87. The van der Waals surface area contributed by atoms with E-state index in [0.717, 1.165) is 24.0 Å². The van der Waals surface area contributed by atoms with Crippen molar-refractivity contribution in [2.45, 2.75) is 88.4 Å². The molecule has 1 spiro atoms. The molecular formula is C25H30O8. The summed E-state index contributed by atoms with van der Waals surface area (Å²) in [5, 5.41) is 11.9. The van der Waals surface area contributed by atoms with Gasteiger partial charge in [-0.15, -0.1) is 0 Å². The second-order valence-electron chi connectivity index (χ2n) is 10.1. The lowest BCUT2D eigenvalue weighted by Gasteiger charge is -2.52. The summed E-state index contributed by atoms with van der Waals surface area (Å²) >= 11 is 0. The number of aliphatic hydroxyl groups is 1. The molecule has 0 radical (unpaired) electrons. The van der Waals surface area contributed by atoms with Crippen molar-refractivity contribution in [3.8, 4) is 11.5 Å². The molecule has 8 heteroatoms. The zero-order valence-electron chi connectivity index (χ0n) is 19.6. The summed E-state index contributed by atoms with van der Waals surface area (Å²) in [6.07, 6.45) is 2.73. The van der Waals surface area contributed by atoms with E-state index in [1.165, 1.54) is 0 Å². The highest BCUT2D eigenvalue weighted by Crippen LogP contribution is 2.65. The lowest BCUT2D eigenvalue weighted by atomic mass is 9.68. The molecule has 1 aromatic carbocycles. The molecule has 8 nitrogen and oxygen atoms in total. The molecule has 1 aromatic rings. The van der Waals surface area contributed by atoms with Crippen LogP contribution in [0.5, 0.6) is 11.5 Å². The Balaban J connectivity index is 1.65. The Labute approximate surface area is 192 Å². The summed E-state index contributed by atoms with van der Waals surface area (Å²) in [4.78, 5) is 12.7. The summed E-state index contributed by atoms with van der Waals surface area (Å²) in [5.41, 5.74) is 2.16. The summed E-state index contributed by atoms with van der Waals surface area (Å²) in [7, 11) is 3.14. The van der Waals surface area contributed by atoms with Crippen LogP contribution in [0.2, 0.25) is 0 Å². The Hall–Kier alpha value is -2.13. The van der Waals surface area contributed by atoms with Gasteiger partial charge in [0.15, 0.2) is 11.4 Å². The summed E-state index contributed by atoms with van der Waals surface area (Å²) in [5.74, 6) is -2.25. The van der Waals surface area contributed by atoms with E-state index >= 15 is 0 Å². The number of fused-ring (bicyclic) bond motifs is 1. The number of carbonyl (C=O) groups is 1. The van der Waals surface area contributed by atoms with Crippen molar-refractivity contribution in [2.75, 3.05) is 14.2 Å². The molecular weight excluding hydrogens is 428 g/mol. The Morgan fingerprint density at radius 1 is 1.15 bits per heavy atom. The second kappa shape index (κ2) is 6.72. The molecule has 2 bridgehead atoms. The summed E-state index contributed by atoms with van der Waals surface area (Å²) in [6, 6.07) is 1.72. The SMILES string of the molecule is COc1cc(C2(O)OC(=O)C3=C2CCCC3)c(OC)c2c1[C@H]1C[C@H]3OC(C)(C)O[C@@]23[C@@H](C)O1. The molecule has 0 amide bonds. The van der Waals surface area contributed by atoms with Crippen LogP contribution >= 0.6 is 0 Å². The van der Waals surface area contributed by atoms with E-state index in [9.17, 15) is 9.90 Å². The van der Waals surface area contributed by atoms with Crippen molar-refractivity contribution >= 4 is 5.97 Å². The van der Waals surface area contributed by atoms with Gasteiger partial charge in [0.25, 0.3) is 5.79 Å². The first kappa shape index (κ1) is 21.4. The second-order valence-corrected chi connectivity index (χ2v) is 10.1. The fourth-order valence-corrected chi connectivity index (χ4v) is 6.67. The summed E-state index contributed by atoms with van der Waals surface area (Å²) < 4.78 is 36.7. The predicted molar refractivity (Wildman–Crippen MR) is 115 cm³/mol. The number of rotatable bonds is 3. The van der Waals surface area contributed by atoms with Gasteiger partial charge in [0, 0.05) is 28.7 Å². The number of benzene rings is 1. The van der Waals surface area contributed by atoms with Crippen LogP contribution in [-0.4, -0.2) is 43.3 Å². The first-order chi connectivity index (χ1) is 15.7. The number of hydrogen-bond donors (Lipinski definition) is 1. The number of ether oxygens (including phenoxy) is 6. The maximum Gasteiger partial charge on any atom is 0.337 e. The van der Waals surface area contributed by atoms with E-state index < -0.39 is 23.1 Å². The normalized spacial score (nSPS) is 38.0. The number of esters is 1. The molecule has 4 aliphatic heterocycles. The van der Waals surface area contributed by atoms with Crippen molar-refractivity contribution in [1.82, 2.24) is 0 Å². The molecule has 2 fully saturated rings. The number of methoxy groups -OCH3 is 2. The average Bonchev–Trinajstić information content (AvgIpc) is 3.22. The van der Waals surface area contributed by atoms with Crippen LogP contribution in [0.3, 0.4) is 0 Å². The standard InChI is InChI=1S/C25H30O8/c1-12-24-18(31-23(2,3)33-24)11-17(30-12)19-16(28-4)10-15(21(29-5)20(19)24)25(27)14-9-7-6-8-13(14)22(26)32-25/h10,12,17-18,27H,6-9,11H2,1-5H3/t12-,17-,18-,24-,25?/m1/s1. The maximum atomic E-state index is 12.7. The molecule has 33 heavy (non-hydrogen) atoms. The van der Waals surface area contributed by atoms with Gasteiger partial charge in [-0.25, -0.2) is 4.79 Å². The monoisotopic (exact) mass is 458 g/mol. The third-order valence-corrected chi connectivity index (χ3v) is 7.87. The van der Waals surface area contributed by atoms with Gasteiger partial charge in [0.05, 0.1) is 38.1 Å². The lowest BCUT2D eigenvalue weighted by molar-refractivity contribution is -0.225. The van der Waals surface area contributed by atoms with Crippen LogP contribution in [-0.2, 0) is 35.1 Å². The summed E-state index contributed by atoms with van der Waals surface area (Å²) in [6.45, 7) is 5.75. The quantitative estimate of drug-likeness (QED) is 0.689. The molecule has 1 unspecified atom stereocenters. The van der Waals surface area contributed by atoms with Crippen molar-refractivity contribution < 1.29 is 38.3 Å². The van der Waals surface area contributed by atoms with Crippen molar-refractivity contribution in [2.24, 2.45) is 0 Å². The molecule has 6 aliphatic rings. The fraction of sp³-hybridized carbons (Fsp3) is 0.640. The van der Waals surface area contributed by atoms with Gasteiger partial charge < -0.3 is 33.5 Å². The Kier molecular flexibility index (Phi) is 4.36. The first-order valence-corrected chi connectivity index (χ1v) is 11.7. The fourth-order valence-electron chi connectivity index (χ4n) is 6.67. The van der Waals surface area contributed by atoms with E-state index in [1.54, 1.807) is 20.3 Å². The van der Waals surface area contributed by atoms with E-state index in [4.69, 9.17) is 28.4 Å². The molecule has 0 saturated carbocycles. The average molecular weight is 459 g/mol. The van der Waals surface area contributed by atoms with Crippen molar-refractivity contribution in [3.63, 3.8) is 0 Å². The van der Waals surface area contributed by atoms with E-state index in [0.29, 0.717) is 47.5 Å². The largest absolute Gasteiger partial charge is 0.496 e. The van der Waals surface area contributed by atoms with Crippen molar-refractivity contribution in [3.05, 3.63) is 33.9 Å². The Morgan fingerprint density at radius 3 is 2.64 bits per heavy atom. The van der Waals surface area contributed by atoms with Crippen LogP contribution < -0.4 is 9.47 Å². The maximum absolute atomic E-state index is 12.7. The zero-order valence-corrected chi connectivity index (χ0v) is 19.6. The number of carbonyl (C=O) groups excluding carboxylic acids is 1. The van der Waals surface area contributed by atoms with Gasteiger partial charge in [-0.3, -0.25) is 0 Å². The third kappa shape index (κ3) is 2.58. The predicted octanol–water partition coefficient (Wildman–Crippen LogP) is 3.49. The minimum Gasteiger partial charge on any atom is -0.496 e. The molecule has 1 N–H and O–H groups in total. The van der Waals surface area contributed by atoms with Crippen molar-refractivity contribution in [1.29, 1.82) is 0 Å². The number of cyclic esters (lactones) is 1. The van der Waals surface area contributed by atoms with Crippen LogP contribution in [0.1, 0.15) is 75.7 Å². The van der Waals surface area contributed by atoms with Gasteiger partial charge in [-0.05, 0) is 52.5 Å². The van der Waals surface area contributed by atoms with Crippen LogP contribution in [0.15, 0.2) is 17.2 Å². The smallest absolute Gasteiger partial charge is 0.337 e. The molecule has 178 valence electrons. The molecule has 2 aliphatic carbocycles. The topological polar surface area (TPSA) is 92.7 Å². The van der Waals surface area contributed by atoms with Gasteiger partial charge in [0.1, 0.15) is 11.5 Å². The highest BCUT2D eigenvalue weighted by molar-refractivity contribution is 5.93. The minimum absolute atomic E-state index is 0.257. The highest BCUT2D eigenvalue weighted by Gasteiger charge is 2.67. The van der Waals surface area contributed by atoms with Gasteiger partial charge >= 0.3 is 5.97 Å². The Morgan fingerprint density at radius 2 is 1.91 bits per heavy atom. The van der Waals surface area contributed by atoms with Gasteiger partial charge in [-0.1, -0.05) is 0 Å². The Bertz CT molecular complexity index is 1090. The van der Waals surface area contributed by atoms with Gasteiger partial charge in [-0.2, -0.15) is 0 Å². The molecule has 5 atom stereocenters. The molecule has 2 saturated heterocycles. The molecule has 0 aromatic heterocycles. The van der Waals surface area contributed by atoms with Crippen LogP contribution in [0, 0.1) is 0 Å². The van der Waals surface area contributed by atoms with E-state index in [1.807, 2.05) is 20.8 Å². The molecule has 7 rings (SSSR count). The number of hydrogen-bond acceptors (Lipinski definition) is 8. The highest BCUT2D eigenvalue weighted by atomic mass is 16.8. The van der Waals surface area contributed by atoms with E-state index in [2.05, 4.69) is 0 Å². The van der Waals surface area contributed by atoms with Gasteiger partial charge in [0.2, 0.25) is 0 Å². The lowest BCUT2D eigenvalue weighted by Crippen LogP contribution is -2.57. The minimum atomic E-state index is -1.91.